The number of anilines is 1. The van der Waals surface area contributed by atoms with Gasteiger partial charge in [-0.25, -0.2) is 0 Å². The first-order valence-electron chi connectivity index (χ1n) is 9.22. The summed E-state index contributed by atoms with van der Waals surface area (Å²) in [5, 5.41) is 5.24. The van der Waals surface area contributed by atoms with Gasteiger partial charge in [0.2, 0.25) is 11.1 Å². The number of rotatable bonds is 4. The van der Waals surface area contributed by atoms with Crippen LogP contribution < -0.4 is 15.1 Å². The number of aromatic amines is 1. The van der Waals surface area contributed by atoms with E-state index in [-0.39, 0.29) is 17.6 Å². The van der Waals surface area contributed by atoms with Crippen LogP contribution in [0.1, 0.15) is 32.0 Å². The van der Waals surface area contributed by atoms with Crippen LogP contribution in [0.5, 0.6) is 0 Å². The molecule has 0 bridgehead atoms. The predicted octanol–water partition coefficient (Wildman–Crippen LogP) is 3.29. The second-order valence-corrected chi connectivity index (χ2v) is 7.59. The topological polar surface area (TPSA) is 69.9 Å². The summed E-state index contributed by atoms with van der Waals surface area (Å²) in [6.45, 7) is 3.54. The molecule has 0 fully saturated rings. The molecule has 6 nitrogen and oxygen atoms in total. The summed E-state index contributed by atoms with van der Waals surface area (Å²) in [6, 6.07) is 17.5. The van der Waals surface area contributed by atoms with E-state index >= 15 is 0 Å². The molecule has 28 heavy (non-hydrogen) atoms. The molecule has 1 aromatic heterocycles. The number of hydrogen-bond donors (Lipinski definition) is 1. The van der Waals surface area contributed by atoms with Gasteiger partial charge in [-0.05, 0) is 17.7 Å². The van der Waals surface area contributed by atoms with E-state index in [2.05, 4.69) is 4.98 Å². The molecule has 1 atom stereocenters. The van der Waals surface area contributed by atoms with Crippen molar-refractivity contribution in [3.63, 3.8) is 0 Å². The molecule has 0 unspecified atom stereocenters. The summed E-state index contributed by atoms with van der Waals surface area (Å²) in [6.07, 6.45) is 0.311. The van der Waals surface area contributed by atoms with Gasteiger partial charge >= 0.3 is 11.3 Å². The molecule has 7 heteroatoms. The SMILES string of the molecule is CC[C@@H]1N(C(C)=O)c2ccccc2-c2c(=O)[nH]c(SCc3ccccc3)n[n+]21. The van der Waals surface area contributed by atoms with Gasteiger partial charge < -0.3 is 0 Å². The highest BCUT2D eigenvalue weighted by molar-refractivity contribution is 7.98. The van der Waals surface area contributed by atoms with Crippen molar-refractivity contribution in [2.75, 3.05) is 4.90 Å². The summed E-state index contributed by atoms with van der Waals surface area (Å²) >= 11 is 1.47. The van der Waals surface area contributed by atoms with Crippen molar-refractivity contribution >= 4 is 23.4 Å². The molecule has 1 N–H and O–H groups in total. The van der Waals surface area contributed by atoms with Gasteiger partial charge in [0.1, 0.15) is 0 Å². The fourth-order valence-electron chi connectivity index (χ4n) is 3.57. The Morgan fingerprint density at radius 2 is 1.89 bits per heavy atom. The molecule has 1 amide bonds. The Morgan fingerprint density at radius 1 is 1.18 bits per heavy atom. The fourth-order valence-corrected chi connectivity index (χ4v) is 4.38. The third-order valence-corrected chi connectivity index (χ3v) is 5.72. The zero-order valence-corrected chi connectivity index (χ0v) is 16.6. The van der Waals surface area contributed by atoms with Gasteiger partial charge in [-0.2, -0.15) is 0 Å². The maximum atomic E-state index is 13.0. The number of benzene rings is 2. The molecule has 1 aliphatic rings. The second kappa shape index (κ2) is 7.59. The number of carbonyl (C=O) groups is 1. The van der Waals surface area contributed by atoms with E-state index in [0.717, 1.165) is 16.8 Å². The number of para-hydroxylation sites is 1. The molecule has 3 aromatic rings. The van der Waals surface area contributed by atoms with Crippen LogP contribution in [0.4, 0.5) is 5.69 Å². The van der Waals surface area contributed by atoms with Crippen LogP contribution in [0.25, 0.3) is 11.3 Å². The van der Waals surface area contributed by atoms with Crippen LogP contribution in [0.2, 0.25) is 0 Å². The normalized spacial score (nSPS) is 15.1. The number of nitrogens with one attached hydrogen (secondary N) is 1. The van der Waals surface area contributed by atoms with Crippen LogP contribution in [0, 0.1) is 0 Å². The summed E-state index contributed by atoms with van der Waals surface area (Å²) in [5.41, 5.74) is 2.92. The number of H-pyrrole nitrogens is 1. The summed E-state index contributed by atoms with van der Waals surface area (Å²) in [5.74, 6) is 0.630. The van der Waals surface area contributed by atoms with Crippen molar-refractivity contribution < 1.29 is 9.48 Å². The highest BCUT2D eigenvalue weighted by Crippen LogP contribution is 2.35. The first-order chi connectivity index (χ1) is 13.6. The molecule has 1 aliphatic heterocycles. The highest BCUT2D eigenvalue weighted by Gasteiger charge is 2.42. The zero-order valence-electron chi connectivity index (χ0n) is 15.8. The Hall–Kier alpha value is -2.93. The highest BCUT2D eigenvalue weighted by atomic mass is 32.2. The summed E-state index contributed by atoms with van der Waals surface area (Å²) < 4.78 is 1.70. The number of amides is 1. The minimum absolute atomic E-state index is 0.0713. The van der Waals surface area contributed by atoms with Crippen LogP contribution >= 0.6 is 11.8 Å². The van der Waals surface area contributed by atoms with Crippen molar-refractivity contribution in [3.05, 3.63) is 70.5 Å². The number of aromatic nitrogens is 3. The molecule has 0 radical (unpaired) electrons. The summed E-state index contributed by atoms with van der Waals surface area (Å²) in [4.78, 5) is 30.0. The lowest BCUT2D eigenvalue weighted by Gasteiger charge is -2.30. The Morgan fingerprint density at radius 3 is 2.61 bits per heavy atom. The second-order valence-electron chi connectivity index (χ2n) is 6.62. The third kappa shape index (κ3) is 3.22. The lowest BCUT2D eigenvalue weighted by atomic mass is 10.0. The minimum Gasteiger partial charge on any atom is -0.291 e. The molecule has 2 aromatic carbocycles. The summed E-state index contributed by atoms with van der Waals surface area (Å²) in [7, 11) is 0. The fraction of sp³-hybridized carbons (Fsp3) is 0.238. The number of thioether (sulfide) groups is 1. The number of carbonyl (C=O) groups excluding carboxylic acids is 1. The molecule has 0 spiro atoms. The Balaban J connectivity index is 1.80. The number of fused-ring (bicyclic) bond motifs is 3. The smallest absolute Gasteiger partial charge is 0.291 e. The van der Waals surface area contributed by atoms with E-state index in [1.54, 1.807) is 16.5 Å². The van der Waals surface area contributed by atoms with Crippen LogP contribution in [0.3, 0.4) is 0 Å². The largest absolute Gasteiger partial charge is 0.325 e. The first kappa shape index (κ1) is 18.4. The zero-order chi connectivity index (χ0) is 19.7. The number of nitrogens with zero attached hydrogens (tertiary/aromatic N) is 3. The van der Waals surface area contributed by atoms with Crippen LogP contribution in [-0.2, 0) is 10.5 Å². The van der Waals surface area contributed by atoms with Crippen molar-refractivity contribution in [2.24, 2.45) is 0 Å². The number of hydrogen-bond acceptors (Lipinski definition) is 4. The van der Waals surface area contributed by atoms with Gasteiger partial charge in [0.05, 0.1) is 11.3 Å². The van der Waals surface area contributed by atoms with Gasteiger partial charge in [-0.1, -0.05) is 65.8 Å². The van der Waals surface area contributed by atoms with Crippen molar-refractivity contribution in [1.29, 1.82) is 0 Å². The third-order valence-electron chi connectivity index (χ3n) is 4.79. The van der Waals surface area contributed by atoms with Crippen LogP contribution in [-0.4, -0.2) is 16.0 Å². The first-order valence-corrected chi connectivity index (χ1v) is 10.2. The van der Waals surface area contributed by atoms with Gasteiger partial charge in [-0.3, -0.25) is 19.5 Å². The standard InChI is InChI=1S/C21H20N4O2S/c1-3-18-24(14(2)26)17-12-8-7-11-16(17)19-20(27)22-21(23-25(18)19)28-13-15-9-5-4-6-10-15/h4-12,18H,3,13H2,1-2H3/p+1/t18-/m1/s1. The Kier molecular flexibility index (Phi) is 5.00. The Bertz CT molecular complexity index is 1080. The van der Waals surface area contributed by atoms with E-state index in [9.17, 15) is 9.59 Å². The van der Waals surface area contributed by atoms with E-state index < -0.39 is 0 Å². The van der Waals surface area contributed by atoms with Gasteiger partial charge in [-0.15, -0.1) is 0 Å². The van der Waals surface area contributed by atoms with Crippen molar-refractivity contribution in [3.8, 4) is 11.3 Å². The van der Waals surface area contributed by atoms with Gasteiger partial charge in [0.15, 0.2) is 0 Å². The monoisotopic (exact) mass is 393 g/mol. The van der Waals surface area contributed by atoms with E-state index in [4.69, 9.17) is 5.10 Å². The molecule has 4 rings (SSSR count). The molecule has 0 aliphatic carbocycles. The predicted molar refractivity (Wildman–Crippen MR) is 109 cm³/mol. The quantitative estimate of drug-likeness (QED) is 0.545. The lowest BCUT2D eigenvalue weighted by Crippen LogP contribution is -2.60. The van der Waals surface area contributed by atoms with E-state index in [0.29, 0.717) is 23.0 Å². The van der Waals surface area contributed by atoms with E-state index in [1.807, 2.05) is 61.5 Å². The minimum atomic E-state index is -0.333. The molecule has 142 valence electrons. The van der Waals surface area contributed by atoms with E-state index in [1.165, 1.54) is 11.8 Å². The molecule has 0 saturated heterocycles. The van der Waals surface area contributed by atoms with Gasteiger partial charge in [0.25, 0.3) is 6.17 Å². The maximum Gasteiger partial charge on any atom is 0.325 e. The molecular formula is C21H21N4O2S+. The van der Waals surface area contributed by atoms with Gasteiger partial charge in [0, 0.05) is 24.2 Å². The maximum absolute atomic E-state index is 13.0. The average Bonchev–Trinajstić information content (AvgIpc) is 2.71. The Labute approximate surface area is 167 Å². The van der Waals surface area contributed by atoms with Crippen molar-refractivity contribution in [1.82, 2.24) is 10.1 Å². The molecular weight excluding hydrogens is 372 g/mol. The lowest BCUT2D eigenvalue weighted by molar-refractivity contribution is -0.771. The molecule has 2 heterocycles. The van der Waals surface area contributed by atoms with Crippen molar-refractivity contribution in [2.45, 2.75) is 37.3 Å². The van der Waals surface area contributed by atoms with Crippen LogP contribution in [0.15, 0.2) is 64.5 Å². The molecule has 0 saturated carbocycles. The average molecular weight is 393 g/mol.